The SMILES string of the molecule is ClCC(CCl)(Cc1ccccc1Cl)c1ccccc1Br. The van der Waals surface area contributed by atoms with Crippen molar-refractivity contribution in [2.45, 2.75) is 11.8 Å². The van der Waals surface area contributed by atoms with Crippen LogP contribution in [0.1, 0.15) is 11.1 Å². The van der Waals surface area contributed by atoms with Gasteiger partial charge in [-0.25, -0.2) is 0 Å². The van der Waals surface area contributed by atoms with Crippen molar-refractivity contribution >= 4 is 50.7 Å². The summed E-state index contributed by atoms with van der Waals surface area (Å²) in [6, 6.07) is 15.9. The molecule has 0 radical (unpaired) electrons. The Morgan fingerprint density at radius 2 is 1.50 bits per heavy atom. The van der Waals surface area contributed by atoms with Gasteiger partial charge in [0.1, 0.15) is 0 Å². The van der Waals surface area contributed by atoms with Crippen molar-refractivity contribution in [3.8, 4) is 0 Å². The lowest BCUT2D eigenvalue weighted by molar-refractivity contribution is 0.534. The van der Waals surface area contributed by atoms with E-state index in [4.69, 9.17) is 34.8 Å². The standard InChI is InChI=1S/C16H14BrCl3/c17-14-7-3-2-6-13(14)16(10-18,11-19)9-12-5-1-4-8-15(12)20/h1-8H,9-11H2. The van der Waals surface area contributed by atoms with E-state index in [1.165, 1.54) is 0 Å². The van der Waals surface area contributed by atoms with E-state index >= 15 is 0 Å². The molecule has 0 nitrogen and oxygen atoms in total. The topological polar surface area (TPSA) is 0 Å². The average molecular weight is 393 g/mol. The molecule has 0 atom stereocenters. The Balaban J connectivity index is 2.46. The van der Waals surface area contributed by atoms with Crippen molar-refractivity contribution < 1.29 is 0 Å². The molecular weight excluding hydrogens is 378 g/mol. The van der Waals surface area contributed by atoms with Crippen LogP contribution in [0, 0.1) is 0 Å². The van der Waals surface area contributed by atoms with Gasteiger partial charge in [-0.1, -0.05) is 63.9 Å². The van der Waals surface area contributed by atoms with Gasteiger partial charge in [0.25, 0.3) is 0 Å². The largest absolute Gasteiger partial charge is 0.126 e. The van der Waals surface area contributed by atoms with Crippen molar-refractivity contribution in [1.29, 1.82) is 0 Å². The van der Waals surface area contributed by atoms with Crippen LogP contribution in [-0.4, -0.2) is 11.8 Å². The summed E-state index contributed by atoms with van der Waals surface area (Å²) in [5.41, 5.74) is 1.84. The van der Waals surface area contributed by atoms with Gasteiger partial charge in [-0.05, 0) is 29.7 Å². The Kier molecular flexibility index (Phi) is 5.80. The molecule has 0 spiro atoms. The minimum atomic E-state index is -0.339. The molecule has 0 aliphatic heterocycles. The maximum absolute atomic E-state index is 6.28. The maximum Gasteiger partial charge on any atom is 0.0438 e. The van der Waals surface area contributed by atoms with Gasteiger partial charge in [-0.3, -0.25) is 0 Å². The summed E-state index contributed by atoms with van der Waals surface area (Å²) >= 11 is 22.4. The quantitative estimate of drug-likeness (QED) is 0.543. The van der Waals surface area contributed by atoms with Crippen molar-refractivity contribution in [2.24, 2.45) is 0 Å². The van der Waals surface area contributed by atoms with Crippen LogP contribution in [0.25, 0.3) is 0 Å². The fraction of sp³-hybridized carbons (Fsp3) is 0.250. The molecule has 0 saturated heterocycles. The van der Waals surface area contributed by atoms with Crippen LogP contribution in [0.3, 0.4) is 0 Å². The molecule has 0 aliphatic rings. The fourth-order valence-electron chi connectivity index (χ4n) is 2.27. The molecule has 20 heavy (non-hydrogen) atoms. The molecule has 0 saturated carbocycles. The van der Waals surface area contributed by atoms with E-state index in [2.05, 4.69) is 22.0 Å². The van der Waals surface area contributed by atoms with E-state index in [9.17, 15) is 0 Å². The van der Waals surface area contributed by atoms with E-state index in [-0.39, 0.29) is 5.41 Å². The normalized spacial score (nSPS) is 11.6. The lowest BCUT2D eigenvalue weighted by atomic mass is 9.78. The average Bonchev–Trinajstić information content (AvgIpc) is 2.48. The Morgan fingerprint density at radius 3 is 2.10 bits per heavy atom. The molecule has 2 aromatic carbocycles. The molecule has 0 heterocycles. The highest BCUT2D eigenvalue weighted by molar-refractivity contribution is 9.10. The van der Waals surface area contributed by atoms with Gasteiger partial charge in [0.2, 0.25) is 0 Å². The Bertz CT molecular complexity index is 579. The van der Waals surface area contributed by atoms with Gasteiger partial charge in [0.05, 0.1) is 0 Å². The fourth-order valence-corrected chi connectivity index (χ4v) is 3.94. The smallest absolute Gasteiger partial charge is 0.0438 e. The molecule has 0 unspecified atom stereocenters. The van der Waals surface area contributed by atoms with Crippen LogP contribution in [0.2, 0.25) is 5.02 Å². The van der Waals surface area contributed by atoms with E-state index in [1.54, 1.807) is 0 Å². The second-order valence-electron chi connectivity index (χ2n) is 4.80. The second-order valence-corrected chi connectivity index (χ2v) is 6.59. The molecule has 4 heteroatoms. The van der Waals surface area contributed by atoms with Crippen molar-refractivity contribution in [3.05, 3.63) is 69.2 Å². The third-order valence-corrected chi connectivity index (χ3v) is 5.53. The highest BCUT2D eigenvalue weighted by Gasteiger charge is 2.33. The van der Waals surface area contributed by atoms with Crippen LogP contribution in [0.15, 0.2) is 53.0 Å². The van der Waals surface area contributed by atoms with E-state index < -0.39 is 0 Å². The zero-order valence-corrected chi connectivity index (χ0v) is 14.6. The third-order valence-electron chi connectivity index (χ3n) is 3.44. The van der Waals surface area contributed by atoms with E-state index in [0.717, 1.165) is 20.6 Å². The van der Waals surface area contributed by atoms with Gasteiger partial charge in [-0.2, -0.15) is 0 Å². The van der Waals surface area contributed by atoms with Crippen LogP contribution in [0.4, 0.5) is 0 Å². The number of hydrogen-bond acceptors (Lipinski definition) is 0. The zero-order valence-electron chi connectivity index (χ0n) is 10.8. The summed E-state index contributed by atoms with van der Waals surface area (Å²) in [5.74, 6) is 0.870. The number of rotatable bonds is 5. The lowest BCUT2D eigenvalue weighted by Gasteiger charge is -2.31. The predicted octanol–water partition coefficient (Wildman–Crippen LogP) is 6.06. The van der Waals surface area contributed by atoms with E-state index in [1.807, 2.05) is 42.5 Å². The zero-order chi connectivity index (χ0) is 14.6. The first kappa shape index (κ1) is 16.2. The van der Waals surface area contributed by atoms with Crippen LogP contribution in [0.5, 0.6) is 0 Å². The third kappa shape index (κ3) is 3.33. The van der Waals surface area contributed by atoms with E-state index in [0.29, 0.717) is 18.2 Å². The minimum absolute atomic E-state index is 0.339. The molecule has 2 rings (SSSR count). The second kappa shape index (κ2) is 7.17. The Labute approximate surface area is 143 Å². The summed E-state index contributed by atoms with van der Waals surface area (Å²) < 4.78 is 1.02. The number of hydrogen-bond donors (Lipinski definition) is 0. The van der Waals surface area contributed by atoms with Crippen LogP contribution >= 0.6 is 50.7 Å². The minimum Gasteiger partial charge on any atom is -0.126 e. The number of halogens is 4. The van der Waals surface area contributed by atoms with Crippen molar-refractivity contribution in [2.75, 3.05) is 11.8 Å². The first-order valence-corrected chi connectivity index (χ1v) is 8.47. The molecule has 0 aliphatic carbocycles. The van der Waals surface area contributed by atoms with Gasteiger partial charge in [0, 0.05) is 26.7 Å². The van der Waals surface area contributed by atoms with Crippen LogP contribution in [-0.2, 0) is 11.8 Å². The lowest BCUT2D eigenvalue weighted by Crippen LogP contribution is -2.33. The summed E-state index contributed by atoms with van der Waals surface area (Å²) in [6.45, 7) is 0. The summed E-state index contributed by atoms with van der Waals surface area (Å²) in [6.07, 6.45) is 0.711. The molecule has 106 valence electrons. The van der Waals surface area contributed by atoms with Crippen molar-refractivity contribution in [3.63, 3.8) is 0 Å². The molecule has 0 bridgehead atoms. The molecule has 2 aromatic rings. The highest BCUT2D eigenvalue weighted by atomic mass is 79.9. The maximum atomic E-state index is 6.28. The summed E-state index contributed by atoms with van der Waals surface area (Å²) in [4.78, 5) is 0. The van der Waals surface area contributed by atoms with Crippen LogP contribution < -0.4 is 0 Å². The molecule has 0 N–H and O–H groups in total. The molecule has 0 fully saturated rings. The molecular formula is C16H14BrCl3. The number of alkyl halides is 2. The summed E-state index contributed by atoms with van der Waals surface area (Å²) in [5, 5.41) is 0.749. The van der Waals surface area contributed by atoms with Gasteiger partial charge in [-0.15, -0.1) is 23.2 Å². The Hall–Kier alpha value is -0.210. The first-order chi connectivity index (χ1) is 9.63. The first-order valence-electron chi connectivity index (χ1n) is 6.23. The van der Waals surface area contributed by atoms with Crippen molar-refractivity contribution in [1.82, 2.24) is 0 Å². The van der Waals surface area contributed by atoms with Gasteiger partial charge < -0.3 is 0 Å². The predicted molar refractivity (Wildman–Crippen MR) is 92.4 cm³/mol. The Morgan fingerprint density at radius 1 is 0.900 bits per heavy atom. The monoisotopic (exact) mass is 390 g/mol. The summed E-state index contributed by atoms with van der Waals surface area (Å²) in [7, 11) is 0. The number of benzene rings is 2. The highest BCUT2D eigenvalue weighted by Crippen LogP contribution is 2.37. The van der Waals surface area contributed by atoms with Gasteiger partial charge >= 0.3 is 0 Å². The molecule has 0 aromatic heterocycles. The molecule has 0 amide bonds. The van der Waals surface area contributed by atoms with Gasteiger partial charge in [0.15, 0.2) is 0 Å².